The van der Waals surface area contributed by atoms with E-state index in [0.717, 1.165) is 0 Å². The van der Waals surface area contributed by atoms with Crippen molar-refractivity contribution >= 4 is 11.6 Å². The number of rotatable bonds is 5. The quantitative estimate of drug-likeness (QED) is 0.362. The van der Waals surface area contributed by atoms with Gasteiger partial charge in [0.25, 0.3) is 5.69 Å². The number of hydrogen-bond acceptors (Lipinski definition) is 5. The van der Waals surface area contributed by atoms with Gasteiger partial charge in [-0.15, -0.1) is 0 Å². The third kappa shape index (κ3) is 3.41. The van der Waals surface area contributed by atoms with Crippen molar-refractivity contribution in [1.82, 2.24) is 5.43 Å². The molecule has 104 valence electrons. The molecule has 0 aromatic heterocycles. The molecule has 1 rings (SSSR count). The lowest BCUT2D eigenvalue weighted by atomic mass is 9.94. The first-order valence-corrected chi connectivity index (χ1v) is 5.67. The van der Waals surface area contributed by atoms with Crippen LogP contribution in [0.15, 0.2) is 18.2 Å². The van der Waals surface area contributed by atoms with Gasteiger partial charge in [-0.3, -0.25) is 20.3 Å². The molecule has 0 aliphatic rings. The van der Waals surface area contributed by atoms with Gasteiger partial charge in [0.05, 0.1) is 15.9 Å². The number of nitrogens with two attached hydrogens (primary N) is 1. The van der Waals surface area contributed by atoms with Crippen LogP contribution >= 0.6 is 0 Å². The maximum atomic E-state index is 11.5. The Morgan fingerprint density at radius 2 is 2.16 bits per heavy atom. The molecule has 1 aromatic rings. The summed E-state index contributed by atoms with van der Waals surface area (Å²) in [5.41, 5.74) is 1.64. The van der Waals surface area contributed by atoms with E-state index in [1.165, 1.54) is 12.1 Å². The van der Waals surface area contributed by atoms with E-state index in [-0.39, 0.29) is 18.2 Å². The van der Waals surface area contributed by atoms with E-state index >= 15 is 0 Å². The third-order valence-electron chi connectivity index (χ3n) is 2.79. The van der Waals surface area contributed by atoms with E-state index < -0.39 is 10.3 Å². The molecule has 0 aliphatic heterocycles. The number of benzene rings is 1. The third-order valence-corrected chi connectivity index (χ3v) is 2.79. The van der Waals surface area contributed by atoms with Gasteiger partial charge in [0, 0.05) is 6.07 Å². The monoisotopic (exact) mass is 267 g/mol. The number of nitrogens with zero attached hydrogens (tertiary/aromatic N) is 1. The number of carbonyl (C=O) groups excluding carboxylic acids is 1. The average molecular weight is 267 g/mol. The van der Waals surface area contributed by atoms with E-state index in [1.807, 2.05) is 0 Å². The molecular formula is C12H17N3O4. The van der Waals surface area contributed by atoms with Crippen LogP contribution in [0.4, 0.5) is 5.69 Å². The van der Waals surface area contributed by atoms with E-state index in [9.17, 15) is 14.9 Å². The van der Waals surface area contributed by atoms with Crippen LogP contribution in [-0.4, -0.2) is 17.4 Å². The molecular weight excluding hydrogens is 250 g/mol. The van der Waals surface area contributed by atoms with Crippen molar-refractivity contribution in [3.05, 3.63) is 33.9 Å². The molecule has 0 bridgehead atoms. The molecule has 0 unspecified atom stereocenters. The molecule has 0 radical (unpaired) electrons. The van der Waals surface area contributed by atoms with Crippen LogP contribution in [0.1, 0.15) is 19.4 Å². The van der Waals surface area contributed by atoms with Crippen LogP contribution in [0.2, 0.25) is 0 Å². The summed E-state index contributed by atoms with van der Waals surface area (Å²) in [6.45, 7) is 5.01. The predicted octanol–water partition coefficient (Wildman–Crippen LogP) is 1.30. The second-order valence-corrected chi connectivity index (χ2v) is 4.80. The fourth-order valence-electron chi connectivity index (χ4n) is 1.48. The summed E-state index contributed by atoms with van der Waals surface area (Å²) < 4.78 is 5.49. The van der Waals surface area contributed by atoms with Gasteiger partial charge in [0.2, 0.25) is 5.91 Å². The zero-order valence-corrected chi connectivity index (χ0v) is 11.1. The Kier molecular flexibility index (Phi) is 4.44. The minimum Gasteiger partial charge on any atom is -0.492 e. The molecule has 0 aliphatic carbocycles. The summed E-state index contributed by atoms with van der Waals surface area (Å²) in [5, 5.41) is 10.8. The van der Waals surface area contributed by atoms with Crippen molar-refractivity contribution in [2.75, 3.05) is 6.61 Å². The molecule has 0 atom stereocenters. The summed E-state index contributed by atoms with van der Waals surface area (Å²) >= 11 is 0. The van der Waals surface area contributed by atoms with Gasteiger partial charge in [-0.1, -0.05) is 6.07 Å². The van der Waals surface area contributed by atoms with E-state index in [4.69, 9.17) is 10.6 Å². The van der Waals surface area contributed by atoms with Gasteiger partial charge in [-0.25, -0.2) is 5.84 Å². The number of hydrogen-bond donors (Lipinski definition) is 2. The maximum absolute atomic E-state index is 11.5. The number of carbonyl (C=O) groups is 1. The Bertz CT molecular complexity index is 500. The Labute approximate surface area is 110 Å². The lowest BCUT2D eigenvalue weighted by Crippen LogP contribution is -2.44. The molecule has 7 nitrogen and oxygen atoms in total. The first-order chi connectivity index (χ1) is 8.79. The van der Waals surface area contributed by atoms with Gasteiger partial charge >= 0.3 is 0 Å². The number of nitro benzene ring substituents is 1. The maximum Gasteiger partial charge on any atom is 0.276 e. The molecule has 3 N–H and O–H groups in total. The molecule has 0 saturated carbocycles. The van der Waals surface area contributed by atoms with Gasteiger partial charge < -0.3 is 4.74 Å². The predicted molar refractivity (Wildman–Crippen MR) is 69.4 cm³/mol. The average Bonchev–Trinajstić information content (AvgIpc) is 2.36. The molecule has 1 amide bonds. The molecule has 0 saturated heterocycles. The Hall–Kier alpha value is -2.15. The second-order valence-electron chi connectivity index (χ2n) is 4.80. The highest BCUT2D eigenvalue weighted by molar-refractivity contribution is 5.81. The minimum atomic E-state index is -0.828. The highest BCUT2D eigenvalue weighted by atomic mass is 16.6. The van der Waals surface area contributed by atoms with Crippen LogP contribution in [0.5, 0.6) is 5.75 Å². The van der Waals surface area contributed by atoms with Crippen molar-refractivity contribution < 1.29 is 14.5 Å². The lowest BCUT2D eigenvalue weighted by Gasteiger charge is -2.22. The van der Waals surface area contributed by atoms with Crippen molar-refractivity contribution in [3.8, 4) is 5.75 Å². The van der Waals surface area contributed by atoms with Gasteiger partial charge in [-0.2, -0.15) is 0 Å². The molecule has 0 heterocycles. The number of ether oxygens (including phenoxy) is 1. The van der Waals surface area contributed by atoms with E-state index in [0.29, 0.717) is 11.3 Å². The fourth-order valence-corrected chi connectivity index (χ4v) is 1.48. The number of nitro groups is 1. The minimum absolute atomic E-state index is 0.0152. The van der Waals surface area contributed by atoms with Crippen molar-refractivity contribution in [3.63, 3.8) is 0 Å². The fraction of sp³-hybridized carbons (Fsp3) is 0.417. The van der Waals surface area contributed by atoms with Gasteiger partial charge in [-0.05, 0) is 26.8 Å². The Balaban J connectivity index is 2.87. The van der Waals surface area contributed by atoms with Gasteiger partial charge in [0.15, 0.2) is 0 Å². The number of amides is 1. The van der Waals surface area contributed by atoms with Crippen LogP contribution in [0.3, 0.4) is 0 Å². The Morgan fingerprint density at radius 3 is 2.68 bits per heavy atom. The van der Waals surface area contributed by atoms with Crippen LogP contribution < -0.4 is 16.0 Å². The standard InChI is InChI=1S/C12H17N3O4/c1-8-9(15(17)18)5-4-6-10(8)19-7-12(2,3)11(16)14-13/h4-6H,7,13H2,1-3H3,(H,14,16). The van der Waals surface area contributed by atoms with Crippen molar-refractivity contribution in [1.29, 1.82) is 0 Å². The summed E-state index contributed by atoms with van der Waals surface area (Å²) in [7, 11) is 0. The van der Waals surface area contributed by atoms with Crippen molar-refractivity contribution in [2.24, 2.45) is 11.3 Å². The number of hydrazine groups is 1. The Morgan fingerprint density at radius 1 is 1.53 bits per heavy atom. The molecule has 0 fully saturated rings. The summed E-state index contributed by atoms with van der Waals surface area (Å²) in [5.74, 6) is 5.09. The first-order valence-electron chi connectivity index (χ1n) is 5.67. The van der Waals surface area contributed by atoms with Crippen LogP contribution in [-0.2, 0) is 4.79 Å². The second kappa shape index (κ2) is 5.66. The highest BCUT2D eigenvalue weighted by Gasteiger charge is 2.28. The summed E-state index contributed by atoms with van der Waals surface area (Å²) in [4.78, 5) is 21.8. The zero-order chi connectivity index (χ0) is 14.6. The molecule has 7 heteroatoms. The molecule has 19 heavy (non-hydrogen) atoms. The largest absolute Gasteiger partial charge is 0.492 e. The number of nitrogens with one attached hydrogen (secondary N) is 1. The lowest BCUT2D eigenvalue weighted by molar-refractivity contribution is -0.385. The van der Waals surface area contributed by atoms with E-state index in [2.05, 4.69) is 5.43 Å². The first kappa shape index (κ1) is 14.9. The van der Waals surface area contributed by atoms with Crippen LogP contribution in [0, 0.1) is 22.5 Å². The summed E-state index contributed by atoms with van der Waals surface area (Å²) in [6, 6.07) is 4.56. The highest BCUT2D eigenvalue weighted by Crippen LogP contribution is 2.28. The van der Waals surface area contributed by atoms with Crippen molar-refractivity contribution in [2.45, 2.75) is 20.8 Å². The molecule has 1 aromatic carbocycles. The SMILES string of the molecule is Cc1c(OCC(C)(C)C(=O)NN)cccc1[N+](=O)[O-]. The smallest absolute Gasteiger partial charge is 0.276 e. The molecule has 0 spiro atoms. The van der Waals surface area contributed by atoms with Crippen LogP contribution in [0.25, 0.3) is 0 Å². The van der Waals surface area contributed by atoms with Gasteiger partial charge in [0.1, 0.15) is 12.4 Å². The zero-order valence-electron chi connectivity index (χ0n) is 11.1. The van der Waals surface area contributed by atoms with E-state index in [1.54, 1.807) is 26.8 Å². The normalized spacial score (nSPS) is 10.9. The topological polar surface area (TPSA) is 107 Å². The summed E-state index contributed by atoms with van der Waals surface area (Å²) in [6.07, 6.45) is 0.